The topological polar surface area (TPSA) is 18.5 Å². The highest BCUT2D eigenvalue weighted by molar-refractivity contribution is 14.1. The van der Waals surface area contributed by atoms with Crippen LogP contribution in [0.3, 0.4) is 0 Å². The Labute approximate surface area is 99.5 Å². The molecule has 0 atom stereocenters. The van der Waals surface area contributed by atoms with Crippen molar-refractivity contribution in [3.05, 3.63) is 0 Å². The van der Waals surface area contributed by atoms with Crippen LogP contribution in [0.15, 0.2) is 0 Å². The third-order valence-corrected chi connectivity index (χ3v) is 6.60. The van der Waals surface area contributed by atoms with E-state index in [0.29, 0.717) is 0 Å². The summed E-state index contributed by atoms with van der Waals surface area (Å²) in [6.45, 7) is 3.97. The highest BCUT2D eigenvalue weighted by atomic mass is 127. The second kappa shape index (κ2) is 6.65. The first-order valence-electron chi connectivity index (χ1n) is 4.68. The number of halogens is 1. The first-order chi connectivity index (χ1) is 6.27. The van der Waals surface area contributed by atoms with E-state index in [-0.39, 0.29) is 0 Å². The smallest absolute Gasteiger partial charge is 0.335 e. The van der Waals surface area contributed by atoms with E-state index in [4.69, 9.17) is 8.85 Å². The van der Waals surface area contributed by atoms with Gasteiger partial charge in [-0.15, -0.1) is 0 Å². The van der Waals surface area contributed by atoms with E-state index in [0.717, 1.165) is 30.8 Å². The van der Waals surface area contributed by atoms with Crippen molar-refractivity contribution >= 4 is 42.9 Å². The molecule has 0 aromatic heterocycles. The maximum absolute atomic E-state index is 5.86. The van der Waals surface area contributed by atoms with Gasteiger partial charge in [0.1, 0.15) is 0 Å². The normalized spacial score (nSPS) is 23.5. The number of thioether (sulfide) groups is 1. The van der Waals surface area contributed by atoms with E-state index >= 15 is 0 Å². The molecule has 0 saturated carbocycles. The maximum Gasteiger partial charge on any atom is 0.335 e. The van der Waals surface area contributed by atoms with Crippen LogP contribution < -0.4 is 0 Å². The third-order valence-electron chi connectivity index (χ3n) is 2.03. The average Bonchev–Trinajstić information content (AvgIpc) is 2.09. The predicted molar refractivity (Wildman–Crippen MR) is 69.2 cm³/mol. The lowest BCUT2D eigenvalue weighted by atomic mass is 10.6. The molecule has 0 aromatic carbocycles. The first kappa shape index (κ1) is 12.3. The number of hydrogen-bond acceptors (Lipinski definition) is 3. The predicted octanol–water partition coefficient (Wildman–Crippen LogP) is 2.66. The van der Waals surface area contributed by atoms with Crippen LogP contribution in [0.25, 0.3) is 0 Å². The van der Waals surface area contributed by atoms with Gasteiger partial charge in [-0.3, -0.25) is 0 Å². The molecule has 1 heterocycles. The highest BCUT2D eigenvalue weighted by Crippen LogP contribution is 2.19. The molecule has 0 bridgehead atoms. The van der Waals surface area contributed by atoms with Gasteiger partial charge in [0, 0.05) is 24.7 Å². The molecule has 0 N–H and O–H groups in total. The van der Waals surface area contributed by atoms with Crippen molar-refractivity contribution in [1.82, 2.24) is 0 Å². The lowest BCUT2D eigenvalue weighted by molar-refractivity contribution is 0.188. The Kier molecular flexibility index (Phi) is 6.29. The first-order valence-corrected chi connectivity index (χ1v) is 9.89. The lowest BCUT2D eigenvalue weighted by Gasteiger charge is -2.28. The summed E-state index contributed by atoms with van der Waals surface area (Å²) in [4.78, 5) is 0. The van der Waals surface area contributed by atoms with E-state index in [1.165, 1.54) is 10.8 Å². The van der Waals surface area contributed by atoms with Crippen molar-refractivity contribution in [2.45, 2.75) is 19.0 Å². The Morgan fingerprint density at radius 2 is 1.92 bits per heavy atom. The Balaban J connectivity index is 2.32. The second-order valence-electron chi connectivity index (χ2n) is 3.24. The maximum atomic E-state index is 5.86. The average molecular weight is 332 g/mol. The van der Waals surface area contributed by atoms with Crippen LogP contribution in [0.1, 0.15) is 6.42 Å². The Morgan fingerprint density at radius 1 is 1.31 bits per heavy atom. The van der Waals surface area contributed by atoms with Gasteiger partial charge in [-0.05, 0) is 23.4 Å². The number of hydrogen-bond donors (Lipinski definition) is 0. The van der Waals surface area contributed by atoms with Crippen LogP contribution in [-0.4, -0.2) is 37.7 Å². The molecule has 0 aromatic rings. The highest BCUT2D eigenvalue weighted by Gasteiger charge is 2.31. The molecular formula is C8H17IO2SSi. The van der Waals surface area contributed by atoms with E-state index in [9.17, 15) is 0 Å². The van der Waals surface area contributed by atoms with E-state index in [2.05, 4.69) is 29.1 Å². The molecule has 78 valence electrons. The second-order valence-corrected chi connectivity index (χ2v) is 8.88. The summed E-state index contributed by atoms with van der Waals surface area (Å²) < 4.78 is 12.9. The molecule has 1 aliphatic rings. The van der Waals surface area contributed by atoms with Gasteiger partial charge in [-0.25, -0.2) is 0 Å². The van der Waals surface area contributed by atoms with Gasteiger partial charge in [0.25, 0.3) is 0 Å². The molecule has 2 nitrogen and oxygen atoms in total. The van der Waals surface area contributed by atoms with Crippen molar-refractivity contribution in [2.75, 3.05) is 29.1 Å². The summed E-state index contributed by atoms with van der Waals surface area (Å²) >= 11 is 4.34. The molecule has 0 amide bonds. The fraction of sp³-hybridized carbons (Fsp3) is 1.00. The van der Waals surface area contributed by atoms with E-state index in [1.54, 1.807) is 0 Å². The number of rotatable bonds is 3. The molecule has 0 unspecified atom stereocenters. The fourth-order valence-electron chi connectivity index (χ4n) is 1.31. The van der Waals surface area contributed by atoms with Crippen LogP contribution in [0.2, 0.25) is 12.6 Å². The Bertz CT molecular complexity index is 135. The van der Waals surface area contributed by atoms with Gasteiger partial charge in [0.2, 0.25) is 0 Å². The van der Waals surface area contributed by atoms with Gasteiger partial charge < -0.3 is 8.85 Å². The SMILES string of the molecule is C[Si]1(CCCI)OCCSCCO1. The van der Waals surface area contributed by atoms with E-state index < -0.39 is 8.56 Å². The molecule has 1 rings (SSSR count). The zero-order valence-corrected chi connectivity index (χ0v) is 12.0. The van der Waals surface area contributed by atoms with Crippen molar-refractivity contribution in [3.63, 3.8) is 0 Å². The molecule has 0 aliphatic carbocycles. The quantitative estimate of drug-likeness (QED) is 0.450. The summed E-state index contributed by atoms with van der Waals surface area (Å²) in [5.41, 5.74) is 0. The number of alkyl halides is 1. The standard InChI is InChI=1S/C8H17IO2SSi/c1-13(8-2-3-9)10-4-6-12-7-5-11-13/h2-8H2,1H3. The van der Waals surface area contributed by atoms with Gasteiger partial charge in [0.05, 0.1) is 0 Å². The van der Waals surface area contributed by atoms with Crippen LogP contribution in [0, 0.1) is 0 Å². The minimum absolute atomic E-state index is 0.884. The van der Waals surface area contributed by atoms with Crippen molar-refractivity contribution < 1.29 is 8.85 Å². The molecule has 5 heteroatoms. The summed E-state index contributed by atoms with van der Waals surface area (Å²) in [5.74, 6) is 2.27. The minimum Gasteiger partial charge on any atom is -0.393 e. The van der Waals surface area contributed by atoms with Gasteiger partial charge in [0.15, 0.2) is 0 Å². The summed E-state index contributed by atoms with van der Waals surface area (Å²) in [7, 11) is -1.76. The van der Waals surface area contributed by atoms with Gasteiger partial charge in [-0.1, -0.05) is 22.6 Å². The van der Waals surface area contributed by atoms with Gasteiger partial charge >= 0.3 is 8.56 Å². The summed E-state index contributed by atoms with van der Waals surface area (Å²) in [6.07, 6.45) is 1.23. The molecule has 1 saturated heterocycles. The van der Waals surface area contributed by atoms with Crippen LogP contribution >= 0.6 is 34.4 Å². The van der Waals surface area contributed by atoms with Gasteiger partial charge in [-0.2, -0.15) is 11.8 Å². The molecule has 1 aliphatic heterocycles. The van der Waals surface area contributed by atoms with Crippen molar-refractivity contribution in [2.24, 2.45) is 0 Å². The van der Waals surface area contributed by atoms with Crippen LogP contribution in [0.5, 0.6) is 0 Å². The molecular weight excluding hydrogens is 315 g/mol. The zero-order chi connectivity index (χ0) is 9.57. The monoisotopic (exact) mass is 332 g/mol. The molecule has 13 heavy (non-hydrogen) atoms. The zero-order valence-electron chi connectivity index (χ0n) is 8.05. The summed E-state index contributed by atoms with van der Waals surface area (Å²) in [5, 5.41) is 0. The third kappa shape index (κ3) is 5.01. The minimum atomic E-state index is -1.76. The van der Waals surface area contributed by atoms with Crippen LogP contribution in [-0.2, 0) is 8.85 Å². The molecule has 0 spiro atoms. The van der Waals surface area contributed by atoms with Crippen LogP contribution in [0.4, 0.5) is 0 Å². The van der Waals surface area contributed by atoms with Crippen molar-refractivity contribution in [1.29, 1.82) is 0 Å². The fourth-order valence-corrected chi connectivity index (χ4v) is 5.57. The summed E-state index contributed by atoms with van der Waals surface area (Å²) in [6, 6.07) is 1.15. The molecule has 1 fully saturated rings. The Hall–Kier alpha value is 1.22. The lowest BCUT2D eigenvalue weighted by Crippen LogP contribution is -2.41. The van der Waals surface area contributed by atoms with E-state index in [1.807, 2.05) is 11.8 Å². The molecule has 0 radical (unpaired) electrons. The van der Waals surface area contributed by atoms with Crippen molar-refractivity contribution in [3.8, 4) is 0 Å². The Morgan fingerprint density at radius 3 is 2.46 bits per heavy atom. The largest absolute Gasteiger partial charge is 0.393 e.